The Morgan fingerprint density at radius 3 is 2.03 bits per heavy atom. The Morgan fingerprint density at radius 2 is 1.33 bits per heavy atom. The summed E-state index contributed by atoms with van der Waals surface area (Å²) in [7, 11) is 0. The normalized spacial score (nSPS) is 10.6. The van der Waals surface area contributed by atoms with E-state index in [0.29, 0.717) is 5.39 Å². The fourth-order valence-corrected chi connectivity index (χ4v) is 3.48. The molecule has 0 fully saturated rings. The van der Waals surface area contributed by atoms with Crippen LogP contribution in [0, 0.1) is 23.5 Å². The van der Waals surface area contributed by atoms with Crippen LogP contribution in [0.15, 0.2) is 78.9 Å². The van der Waals surface area contributed by atoms with Gasteiger partial charge in [0.05, 0.1) is 0 Å². The van der Waals surface area contributed by atoms with E-state index >= 15 is 0 Å². The highest BCUT2D eigenvalue weighted by Crippen LogP contribution is 2.22. The average molecular weight is 396 g/mol. The van der Waals surface area contributed by atoms with E-state index < -0.39 is 11.6 Å². The summed E-state index contributed by atoms with van der Waals surface area (Å²) in [5.74, 6) is 4.60. The molecule has 0 amide bonds. The molecule has 0 atom stereocenters. The standard InChI is InChI=1S/C28H22F2/c1-2-3-4-20-7-12-23(13-8-20)24-14-9-21(10-15-24)5-6-22-11-17-26-25(19-22)16-18-27(29)28(26)30/h7-19H,2-4H2,1H3. The first-order valence-electron chi connectivity index (χ1n) is 10.2. The van der Waals surface area contributed by atoms with E-state index in [9.17, 15) is 8.78 Å². The summed E-state index contributed by atoms with van der Waals surface area (Å²) in [4.78, 5) is 0. The summed E-state index contributed by atoms with van der Waals surface area (Å²) in [6, 6.07) is 24.7. The Kier molecular flexibility index (Phi) is 5.91. The van der Waals surface area contributed by atoms with Crippen LogP contribution in [-0.4, -0.2) is 0 Å². The number of aryl methyl sites for hydroxylation is 1. The summed E-state index contributed by atoms with van der Waals surface area (Å²) >= 11 is 0. The van der Waals surface area contributed by atoms with Gasteiger partial charge in [-0.2, -0.15) is 0 Å². The van der Waals surface area contributed by atoms with Crippen molar-refractivity contribution in [3.8, 4) is 23.0 Å². The van der Waals surface area contributed by atoms with Crippen LogP contribution in [-0.2, 0) is 6.42 Å². The minimum atomic E-state index is -0.836. The SMILES string of the molecule is CCCCc1ccc(-c2ccc(C#Cc3ccc4c(F)c(F)ccc4c3)cc2)cc1. The summed E-state index contributed by atoms with van der Waals surface area (Å²) in [6.45, 7) is 2.21. The number of unbranched alkanes of at least 4 members (excludes halogenated alkanes) is 1. The molecule has 0 nitrogen and oxygen atoms in total. The summed E-state index contributed by atoms with van der Waals surface area (Å²) in [5, 5.41) is 0.907. The fraction of sp³-hybridized carbons (Fsp3) is 0.143. The molecule has 0 heterocycles. The van der Waals surface area contributed by atoms with Crippen molar-refractivity contribution in [2.24, 2.45) is 0 Å². The van der Waals surface area contributed by atoms with Crippen molar-refractivity contribution in [2.45, 2.75) is 26.2 Å². The van der Waals surface area contributed by atoms with E-state index in [4.69, 9.17) is 0 Å². The monoisotopic (exact) mass is 396 g/mol. The zero-order chi connectivity index (χ0) is 20.9. The number of rotatable bonds is 4. The number of halogens is 2. The van der Waals surface area contributed by atoms with Crippen LogP contribution in [0.3, 0.4) is 0 Å². The molecule has 0 saturated heterocycles. The lowest BCUT2D eigenvalue weighted by Crippen LogP contribution is -1.87. The van der Waals surface area contributed by atoms with Gasteiger partial charge in [0, 0.05) is 16.5 Å². The van der Waals surface area contributed by atoms with Crippen molar-refractivity contribution in [1.29, 1.82) is 0 Å². The fourth-order valence-electron chi connectivity index (χ4n) is 3.48. The molecule has 148 valence electrons. The molecule has 0 bridgehead atoms. The third-order valence-electron chi connectivity index (χ3n) is 5.25. The van der Waals surface area contributed by atoms with Crippen molar-refractivity contribution in [1.82, 2.24) is 0 Å². The first kappa shape index (κ1) is 19.9. The van der Waals surface area contributed by atoms with E-state index in [1.807, 2.05) is 12.1 Å². The molecule has 0 aromatic heterocycles. The highest BCUT2D eigenvalue weighted by molar-refractivity contribution is 5.84. The number of fused-ring (bicyclic) bond motifs is 1. The molecule has 0 unspecified atom stereocenters. The second kappa shape index (κ2) is 8.93. The number of hydrogen-bond donors (Lipinski definition) is 0. The minimum Gasteiger partial charge on any atom is -0.204 e. The maximum Gasteiger partial charge on any atom is 0.166 e. The Morgan fingerprint density at radius 1 is 0.700 bits per heavy atom. The second-order valence-corrected chi connectivity index (χ2v) is 7.43. The quantitative estimate of drug-likeness (QED) is 0.313. The molecule has 0 spiro atoms. The minimum absolute atomic E-state index is 0.269. The molecule has 0 aliphatic carbocycles. The van der Waals surface area contributed by atoms with Crippen LogP contribution in [0.1, 0.15) is 36.5 Å². The second-order valence-electron chi connectivity index (χ2n) is 7.43. The van der Waals surface area contributed by atoms with Gasteiger partial charge in [0.2, 0.25) is 0 Å². The molecule has 0 radical (unpaired) electrons. The zero-order valence-corrected chi connectivity index (χ0v) is 16.9. The van der Waals surface area contributed by atoms with Crippen molar-refractivity contribution in [2.75, 3.05) is 0 Å². The average Bonchev–Trinajstić information content (AvgIpc) is 2.79. The lowest BCUT2D eigenvalue weighted by molar-refractivity contribution is 0.517. The number of benzene rings is 4. The maximum absolute atomic E-state index is 13.8. The smallest absolute Gasteiger partial charge is 0.166 e. The van der Waals surface area contributed by atoms with Gasteiger partial charge in [0.15, 0.2) is 11.6 Å². The van der Waals surface area contributed by atoms with E-state index in [-0.39, 0.29) is 5.39 Å². The molecule has 4 rings (SSSR count). The number of hydrogen-bond acceptors (Lipinski definition) is 0. The lowest BCUT2D eigenvalue weighted by Gasteiger charge is -2.04. The van der Waals surface area contributed by atoms with Gasteiger partial charge in [-0.15, -0.1) is 0 Å². The third kappa shape index (κ3) is 4.42. The van der Waals surface area contributed by atoms with Crippen LogP contribution in [0.5, 0.6) is 0 Å². The molecule has 0 aliphatic heterocycles. The van der Waals surface area contributed by atoms with Crippen LogP contribution >= 0.6 is 0 Å². The van der Waals surface area contributed by atoms with E-state index in [2.05, 4.69) is 55.2 Å². The summed E-state index contributed by atoms with van der Waals surface area (Å²) in [6.07, 6.45) is 3.55. The van der Waals surface area contributed by atoms with Gasteiger partial charge in [0.25, 0.3) is 0 Å². The molecule has 4 aromatic rings. The molecule has 0 N–H and O–H groups in total. The molecule has 4 aromatic carbocycles. The van der Waals surface area contributed by atoms with E-state index in [1.165, 1.54) is 24.0 Å². The van der Waals surface area contributed by atoms with Gasteiger partial charge in [-0.05, 0) is 65.3 Å². The molecule has 30 heavy (non-hydrogen) atoms. The Balaban J connectivity index is 1.51. The van der Waals surface area contributed by atoms with Crippen LogP contribution in [0.25, 0.3) is 21.9 Å². The lowest BCUT2D eigenvalue weighted by atomic mass is 10.0. The summed E-state index contributed by atoms with van der Waals surface area (Å²) < 4.78 is 27.2. The van der Waals surface area contributed by atoms with Crippen molar-refractivity contribution in [3.63, 3.8) is 0 Å². The molecular formula is C28H22F2. The van der Waals surface area contributed by atoms with E-state index in [1.54, 1.807) is 24.3 Å². The first-order valence-corrected chi connectivity index (χ1v) is 10.2. The topological polar surface area (TPSA) is 0 Å². The van der Waals surface area contributed by atoms with Crippen LogP contribution < -0.4 is 0 Å². The largest absolute Gasteiger partial charge is 0.204 e. The maximum atomic E-state index is 13.8. The first-order chi connectivity index (χ1) is 14.6. The summed E-state index contributed by atoms with van der Waals surface area (Å²) in [5.41, 5.74) is 5.40. The Hall–Kier alpha value is -3.44. The molecule has 2 heteroatoms. The highest BCUT2D eigenvalue weighted by atomic mass is 19.2. The van der Waals surface area contributed by atoms with Crippen LogP contribution in [0.4, 0.5) is 8.78 Å². The van der Waals surface area contributed by atoms with Crippen LogP contribution in [0.2, 0.25) is 0 Å². The van der Waals surface area contributed by atoms with Crippen molar-refractivity contribution < 1.29 is 8.78 Å². The third-order valence-corrected chi connectivity index (χ3v) is 5.25. The highest BCUT2D eigenvalue weighted by Gasteiger charge is 2.06. The van der Waals surface area contributed by atoms with Gasteiger partial charge in [-0.3, -0.25) is 0 Å². The molecule has 0 aliphatic rings. The predicted octanol–water partition coefficient (Wildman–Crippen LogP) is 7.53. The van der Waals surface area contributed by atoms with Gasteiger partial charge in [-0.1, -0.05) is 73.7 Å². The van der Waals surface area contributed by atoms with Crippen molar-refractivity contribution in [3.05, 3.63) is 107 Å². The van der Waals surface area contributed by atoms with Gasteiger partial charge in [-0.25, -0.2) is 8.78 Å². The molecular weight excluding hydrogens is 374 g/mol. The van der Waals surface area contributed by atoms with Crippen molar-refractivity contribution >= 4 is 10.8 Å². The van der Waals surface area contributed by atoms with Gasteiger partial charge >= 0.3 is 0 Å². The Labute approximate surface area is 176 Å². The van der Waals surface area contributed by atoms with Gasteiger partial charge in [0.1, 0.15) is 0 Å². The Bertz CT molecular complexity index is 1220. The van der Waals surface area contributed by atoms with Gasteiger partial charge < -0.3 is 0 Å². The predicted molar refractivity (Wildman–Crippen MR) is 120 cm³/mol. The zero-order valence-electron chi connectivity index (χ0n) is 16.9. The van der Waals surface area contributed by atoms with E-state index in [0.717, 1.165) is 29.2 Å². The molecule has 0 saturated carbocycles.